The third-order valence-electron chi connectivity index (χ3n) is 5.04. The Bertz CT molecular complexity index is 1130. The van der Waals surface area contributed by atoms with E-state index in [4.69, 9.17) is 0 Å². The van der Waals surface area contributed by atoms with Gasteiger partial charge in [0.25, 0.3) is 5.91 Å². The summed E-state index contributed by atoms with van der Waals surface area (Å²) in [5.74, 6) is -0.939. The largest absolute Gasteiger partial charge is 0.351 e. The average molecular weight is 390 g/mol. The number of carbonyl (C=O) groups is 2. The maximum Gasteiger partial charge on any atom is 0.351 e. The van der Waals surface area contributed by atoms with Crippen molar-refractivity contribution in [1.29, 1.82) is 0 Å². The van der Waals surface area contributed by atoms with Crippen molar-refractivity contribution in [2.75, 3.05) is 0 Å². The monoisotopic (exact) mass is 390 g/mol. The second kappa shape index (κ2) is 7.43. The molecule has 0 fully saturated rings. The van der Waals surface area contributed by atoms with Crippen LogP contribution in [-0.4, -0.2) is 32.1 Å². The number of hydrogen-bond acceptors (Lipinski definition) is 3. The Balaban J connectivity index is 1.57. The van der Waals surface area contributed by atoms with Gasteiger partial charge in [-0.1, -0.05) is 18.2 Å². The van der Waals surface area contributed by atoms with Crippen molar-refractivity contribution in [3.8, 4) is 5.69 Å². The first kappa shape index (κ1) is 18.7. The molecule has 0 unspecified atom stereocenters. The van der Waals surface area contributed by atoms with Crippen molar-refractivity contribution >= 4 is 17.6 Å². The molecule has 146 valence electrons. The number of urea groups is 1. The first-order valence-electron chi connectivity index (χ1n) is 9.20. The Hall–Kier alpha value is -3.61. The van der Waals surface area contributed by atoms with E-state index in [0.29, 0.717) is 0 Å². The molecule has 1 aliphatic rings. The summed E-state index contributed by atoms with van der Waals surface area (Å²) >= 11 is 0. The summed E-state index contributed by atoms with van der Waals surface area (Å²) in [6, 6.07) is 11.2. The normalized spacial score (nSPS) is 13.9. The second-order valence-electron chi connectivity index (χ2n) is 6.94. The number of rotatable bonds is 5. The molecule has 1 aliphatic heterocycles. The van der Waals surface area contributed by atoms with Crippen LogP contribution in [0.1, 0.15) is 22.5 Å². The lowest BCUT2D eigenvalue weighted by molar-refractivity contribution is -0.121. The third kappa shape index (κ3) is 3.47. The van der Waals surface area contributed by atoms with E-state index in [-0.39, 0.29) is 24.2 Å². The predicted molar refractivity (Wildman–Crippen MR) is 107 cm³/mol. The number of amides is 3. The van der Waals surface area contributed by atoms with Crippen molar-refractivity contribution < 1.29 is 14.0 Å². The molecule has 3 amide bonds. The molecule has 0 saturated carbocycles. The zero-order valence-electron chi connectivity index (χ0n) is 16.1. The van der Waals surface area contributed by atoms with Gasteiger partial charge in [0.15, 0.2) is 0 Å². The van der Waals surface area contributed by atoms with E-state index in [1.54, 1.807) is 30.6 Å². The first-order valence-corrected chi connectivity index (χ1v) is 9.20. The number of imide groups is 1. The number of hydrogen-bond donors (Lipinski definition) is 0. The number of nitrogens with zero attached hydrogens (tertiary/aromatic N) is 4. The van der Waals surface area contributed by atoms with E-state index in [9.17, 15) is 14.0 Å². The van der Waals surface area contributed by atoms with Crippen molar-refractivity contribution in [2.24, 2.45) is 4.99 Å². The molecule has 4 rings (SSSR count). The van der Waals surface area contributed by atoms with Gasteiger partial charge < -0.3 is 4.57 Å². The van der Waals surface area contributed by atoms with Crippen molar-refractivity contribution in [2.45, 2.75) is 26.8 Å². The highest BCUT2D eigenvalue weighted by Gasteiger charge is 2.34. The molecule has 0 N–H and O–H groups in total. The predicted octanol–water partition coefficient (Wildman–Crippen LogP) is 3.77. The van der Waals surface area contributed by atoms with Crippen molar-refractivity contribution in [1.82, 2.24) is 14.5 Å². The lowest BCUT2D eigenvalue weighted by Crippen LogP contribution is -2.33. The Morgan fingerprint density at radius 1 is 1.03 bits per heavy atom. The number of pyridine rings is 1. The van der Waals surface area contributed by atoms with Crippen LogP contribution in [0.5, 0.6) is 0 Å². The van der Waals surface area contributed by atoms with E-state index >= 15 is 0 Å². The molecule has 3 heterocycles. The number of carbonyl (C=O) groups excluding carboxylic acids is 2. The fourth-order valence-corrected chi connectivity index (χ4v) is 3.59. The molecule has 7 heteroatoms. The smallest absolute Gasteiger partial charge is 0.317 e. The Labute approximate surface area is 167 Å². The van der Waals surface area contributed by atoms with Crippen LogP contribution in [0.25, 0.3) is 5.69 Å². The molecular formula is C22H19FN4O2. The molecule has 0 bridgehead atoms. The summed E-state index contributed by atoms with van der Waals surface area (Å²) < 4.78 is 16.0. The standard InChI is InChI=1S/C22H19FN4O2/c1-14-10-17(15(2)27(14)18-7-5-9-24-12-18)11-20-21(28)26(22(29)25-20)13-16-6-3-4-8-19(16)23/h3-10,12H,11,13H2,1-2H3. The highest BCUT2D eigenvalue weighted by Crippen LogP contribution is 2.23. The molecule has 0 aliphatic carbocycles. The average Bonchev–Trinajstić information content (AvgIpc) is 3.13. The van der Waals surface area contributed by atoms with Gasteiger partial charge in [-0.2, -0.15) is 4.99 Å². The molecule has 6 nitrogen and oxygen atoms in total. The van der Waals surface area contributed by atoms with Crippen LogP contribution in [0.4, 0.5) is 9.18 Å². The zero-order valence-corrected chi connectivity index (χ0v) is 16.1. The number of aromatic nitrogens is 2. The van der Waals surface area contributed by atoms with Gasteiger partial charge in [-0.15, -0.1) is 0 Å². The third-order valence-corrected chi connectivity index (χ3v) is 5.04. The van der Waals surface area contributed by atoms with Gasteiger partial charge in [-0.3, -0.25) is 14.7 Å². The molecule has 1 aromatic carbocycles. The Kier molecular flexibility index (Phi) is 4.80. The fraction of sp³-hybridized carbons (Fsp3) is 0.182. The topological polar surface area (TPSA) is 67.6 Å². The molecular weight excluding hydrogens is 371 g/mol. The molecule has 0 radical (unpaired) electrons. The van der Waals surface area contributed by atoms with Crippen LogP contribution in [0.2, 0.25) is 0 Å². The summed E-state index contributed by atoms with van der Waals surface area (Å²) in [7, 11) is 0. The summed E-state index contributed by atoms with van der Waals surface area (Å²) in [6.45, 7) is 3.79. The fourth-order valence-electron chi connectivity index (χ4n) is 3.59. The second-order valence-corrected chi connectivity index (χ2v) is 6.94. The Morgan fingerprint density at radius 2 is 1.83 bits per heavy atom. The molecule has 2 aromatic heterocycles. The molecule has 0 saturated heterocycles. The highest BCUT2D eigenvalue weighted by molar-refractivity contribution is 6.46. The minimum absolute atomic E-state index is 0.133. The molecule has 0 spiro atoms. The number of aryl methyl sites for hydroxylation is 1. The summed E-state index contributed by atoms with van der Waals surface area (Å²) in [5, 5.41) is 0. The SMILES string of the molecule is Cc1cc(CC2=NC(=O)N(Cc3ccccc3F)C2=O)c(C)n1-c1cccnc1. The molecule has 0 atom stereocenters. The maximum absolute atomic E-state index is 13.9. The van der Waals surface area contributed by atoms with E-state index < -0.39 is 17.8 Å². The van der Waals surface area contributed by atoms with Gasteiger partial charge in [-0.05, 0) is 43.7 Å². The van der Waals surface area contributed by atoms with Gasteiger partial charge in [0, 0.05) is 29.6 Å². The molecule has 3 aromatic rings. The molecule has 29 heavy (non-hydrogen) atoms. The van der Waals surface area contributed by atoms with Crippen LogP contribution in [0.3, 0.4) is 0 Å². The summed E-state index contributed by atoms with van der Waals surface area (Å²) in [5.41, 5.74) is 4.21. The van der Waals surface area contributed by atoms with Crippen LogP contribution >= 0.6 is 0 Å². The van der Waals surface area contributed by atoms with Crippen LogP contribution < -0.4 is 0 Å². The van der Waals surface area contributed by atoms with Gasteiger partial charge >= 0.3 is 6.03 Å². The number of halogens is 1. The quantitative estimate of drug-likeness (QED) is 0.666. The lowest BCUT2D eigenvalue weighted by atomic mass is 10.1. The van der Waals surface area contributed by atoms with Crippen LogP contribution in [0.15, 0.2) is 59.9 Å². The van der Waals surface area contributed by atoms with Gasteiger partial charge in [0.05, 0.1) is 18.4 Å². The van der Waals surface area contributed by atoms with E-state index in [1.807, 2.05) is 36.6 Å². The zero-order chi connectivity index (χ0) is 20.5. The number of benzene rings is 1. The van der Waals surface area contributed by atoms with Crippen LogP contribution in [-0.2, 0) is 17.8 Å². The summed E-state index contributed by atoms with van der Waals surface area (Å²) in [4.78, 5) is 34.1. The minimum atomic E-state index is -0.658. The first-order chi connectivity index (χ1) is 14.0. The summed E-state index contributed by atoms with van der Waals surface area (Å²) in [6.07, 6.45) is 3.71. The van der Waals surface area contributed by atoms with Gasteiger partial charge in [-0.25, -0.2) is 9.18 Å². The van der Waals surface area contributed by atoms with E-state index in [1.165, 1.54) is 6.07 Å². The Morgan fingerprint density at radius 3 is 2.55 bits per heavy atom. The van der Waals surface area contributed by atoms with Crippen molar-refractivity contribution in [3.05, 3.63) is 83.2 Å². The van der Waals surface area contributed by atoms with Crippen molar-refractivity contribution in [3.63, 3.8) is 0 Å². The maximum atomic E-state index is 13.9. The lowest BCUT2D eigenvalue weighted by Gasteiger charge is -2.13. The van der Waals surface area contributed by atoms with Gasteiger partial charge in [0.2, 0.25) is 0 Å². The van der Waals surface area contributed by atoms with E-state index in [0.717, 1.165) is 27.5 Å². The van der Waals surface area contributed by atoms with E-state index in [2.05, 4.69) is 9.98 Å². The van der Waals surface area contributed by atoms with Gasteiger partial charge in [0.1, 0.15) is 11.5 Å². The highest BCUT2D eigenvalue weighted by atomic mass is 19.1. The van der Waals surface area contributed by atoms with Crippen LogP contribution in [0, 0.1) is 19.7 Å². The number of aliphatic imine (C=N–C) groups is 1. The minimum Gasteiger partial charge on any atom is -0.317 e.